The number of piperidine rings is 1. The number of benzene rings is 1. The van der Waals surface area contributed by atoms with Crippen LogP contribution in [0.4, 0.5) is 17.3 Å². The zero-order valence-electron chi connectivity index (χ0n) is 24.9. The number of rotatable bonds is 7. The molecule has 1 aliphatic carbocycles. The smallest absolute Gasteiger partial charge is 0.249 e. The van der Waals surface area contributed by atoms with Crippen LogP contribution in [-0.2, 0) is 19.4 Å². The summed E-state index contributed by atoms with van der Waals surface area (Å²) in [5, 5.41) is 6.51. The molecule has 11 nitrogen and oxygen atoms in total. The topological polar surface area (TPSA) is 134 Å². The maximum Gasteiger partial charge on any atom is 0.249 e. The molecule has 236 valence electrons. The van der Waals surface area contributed by atoms with Crippen LogP contribution in [-0.4, -0.2) is 90.3 Å². The summed E-state index contributed by atoms with van der Waals surface area (Å²) < 4.78 is 30.3. The molecule has 44 heavy (non-hydrogen) atoms. The van der Waals surface area contributed by atoms with Crippen molar-refractivity contribution in [3.8, 4) is 5.75 Å². The molecule has 3 fully saturated rings. The van der Waals surface area contributed by atoms with E-state index >= 15 is 0 Å². The molecule has 2 aromatic rings. The van der Waals surface area contributed by atoms with Gasteiger partial charge in [-0.3, -0.25) is 9.59 Å². The number of nitrogens with one attached hydrogen (secondary N) is 2. The Morgan fingerprint density at radius 3 is 2.50 bits per heavy atom. The summed E-state index contributed by atoms with van der Waals surface area (Å²) >= 11 is 6.65. The number of hydrogen-bond acceptors (Lipinski definition) is 9. The lowest BCUT2D eigenvalue weighted by atomic mass is 10.0. The Balaban J connectivity index is 1.11. The predicted molar refractivity (Wildman–Crippen MR) is 170 cm³/mol. The van der Waals surface area contributed by atoms with Crippen LogP contribution in [0.15, 0.2) is 30.1 Å². The highest BCUT2D eigenvalue weighted by atomic mass is 35.5. The van der Waals surface area contributed by atoms with E-state index < -0.39 is 15.1 Å². The molecule has 2 saturated heterocycles. The molecule has 1 atom stereocenters. The maximum absolute atomic E-state index is 13.4. The van der Waals surface area contributed by atoms with Crippen LogP contribution >= 0.6 is 11.6 Å². The molecule has 0 radical (unpaired) electrons. The van der Waals surface area contributed by atoms with Crippen LogP contribution in [0.1, 0.15) is 56.9 Å². The van der Waals surface area contributed by atoms with Crippen molar-refractivity contribution in [3.63, 3.8) is 0 Å². The second kappa shape index (κ2) is 12.9. The third-order valence-corrected chi connectivity index (χ3v) is 11.0. The van der Waals surface area contributed by atoms with Crippen LogP contribution in [0.5, 0.6) is 5.75 Å². The first-order valence-electron chi connectivity index (χ1n) is 15.5. The number of fused-ring (bicyclic) bond motifs is 1. The third-order valence-electron chi connectivity index (χ3n) is 9.15. The van der Waals surface area contributed by atoms with Crippen molar-refractivity contribution in [1.82, 2.24) is 19.8 Å². The highest BCUT2D eigenvalue weighted by Crippen LogP contribution is 2.34. The summed E-state index contributed by atoms with van der Waals surface area (Å²) in [7, 11) is -3.21. The monoisotopic (exact) mass is 642 g/mol. The van der Waals surface area contributed by atoms with Crippen LogP contribution < -0.4 is 15.4 Å². The highest BCUT2D eigenvalue weighted by Gasteiger charge is 2.34. The lowest BCUT2D eigenvalue weighted by molar-refractivity contribution is -0.137. The molecular formula is C31H39ClN6O5S. The summed E-state index contributed by atoms with van der Waals surface area (Å²) in [5.74, 6) is 2.03. The van der Waals surface area contributed by atoms with E-state index in [1.807, 2.05) is 17.0 Å². The van der Waals surface area contributed by atoms with Crippen LogP contribution in [0, 0.1) is 5.92 Å². The number of carbonyl (C=O) groups excluding carboxylic acids is 2. The van der Waals surface area contributed by atoms with Crippen molar-refractivity contribution in [2.24, 2.45) is 5.92 Å². The Labute approximate surface area is 263 Å². The zero-order chi connectivity index (χ0) is 30.8. The number of likely N-dealkylation sites (tertiary alicyclic amines) is 2. The quantitative estimate of drug-likeness (QED) is 0.454. The second-order valence-electron chi connectivity index (χ2n) is 12.2. The van der Waals surface area contributed by atoms with E-state index in [9.17, 15) is 18.0 Å². The van der Waals surface area contributed by atoms with Gasteiger partial charge in [0.1, 0.15) is 29.8 Å². The molecule has 6 rings (SSSR count). The van der Waals surface area contributed by atoms with Gasteiger partial charge in [-0.1, -0.05) is 24.4 Å². The van der Waals surface area contributed by atoms with Gasteiger partial charge in [0, 0.05) is 69.0 Å². The summed E-state index contributed by atoms with van der Waals surface area (Å²) in [5.41, 5.74) is 1.91. The Morgan fingerprint density at radius 2 is 1.80 bits per heavy atom. The Bertz CT molecular complexity index is 1550. The average Bonchev–Trinajstić information content (AvgIpc) is 3.68. The van der Waals surface area contributed by atoms with Gasteiger partial charge < -0.3 is 25.2 Å². The molecular weight excluding hydrogens is 604 g/mol. The number of sulfone groups is 1. The van der Waals surface area contributed by atoms with Gasteiger partial charge in [-0.2, -0.15) is 0 Å². The van der Waals surface area contributed by atoms with Crippen molar-refractivity contribution in [2.75, 3.05) is 49.6 Å². The van der Waals surface area contributed by atoms with Gasteiger partial charge in [0.05, 0.1) is 15.8 Å². The molecule has 4 heterocycles. The Kier molecular flexibility index (Phi) is 9.00. The van der Waals surface area contributed by atoms with E-state index in [0.29, 0.717) is 84.2 Å². The van der Waals surface area contributed by atoms with E-state index in [-0.39, 0.29) is 24.5 Å². The van der Waals surface area contributed by atoms with Crippen LogP contribution in [0.3, 0.4) is 0 Å². The summed E-state index contributed by atoms with van der Waals surface area (Å²) in [6.45, 7) is 2.54. The summed E-state index contributed by atoms with van der Waals surface area (Å²) in [4.78, 5) is 38.6. The predicted octanol–water partition coefficient (Wildman–Crippen LogP) is 4.28. The normalized spacial score (nSPS) is 21.3. The van der Waals surface area contributed by atoms with Crippen molar-refractivity contribution in [2.45, 2.75) is 62.7 Å². The van der Waals surface area contributed by atoms with E-state index in [0.717, 1.165) is 38.5 Å². The van der Waals surface area contributed by atoms with Gasteiger partial charge in [-0.15, -0.1) is 0 Å². The third kappa shape index (κ3) is 6.81. The fourth-order valence-corrected chi connectivity index (χ4v) is 7.79. The number of aromatic nitrogens is 2. The first-order chi connectivity index (χ1) is 21.2. The van der Waals surface area contributed by atoms with Gasteiger partial charge in [0.25, 0.3) is 0 Å². The second-order valence-corrected chi connectivity index (χ2v) is 14.9. The largest absolute Gasteiger partial charge is 0.489 e. The minimum atomic E-state index is -3.21. The SMILES string of the molecule is CS(=O)(=O)C1CCN(C(=O)C2=Cc3c(ncnc3Nc3ccc(OC4CCN(C(=O)C5CCCC5)CC4)c(Cl)c3)NCC2)C1. The van der Waals surface area contributed by atoms with Gasteiger partial charge >= 0.3 is 0 Å². The Morgan fingerprint density at radius 1 is 1.05 bits per heavy atom. The van der Waals surface area contributed by atoms with Gasteiger partial charge in [0.15, 0.2) is 9.84 Å². The standard InChI is InChI=1S/C31H39ClN6O5S/c1-44(41,42)24-11-15-38(18-24)31(40)21-8-12-33-28-25(16-21)29(35-19-34-28)36-22-6-7-27(26(32)17-22)43-23-9-13-37(14-10-23)30(39)20-4-2-3-5-20/h6-7,16-17,19-20,23-24H,2-5,8-15,18H2,1H3,(H2,33,34,35,36). The molecule has 0 bridgehead atoms. The van der Waals surface area contributed by atoms with E-state index in [4.69, 9.17) is 16.3 Å². The first-order valence-corrected chi connectivity index (χ1v) is 17.8. The van der Waals surface area contributed by atoms with Crippen molar-refractivity contribution < 1.29 is 22.7 Å². The zero-order valence-corrected chi connectivity index (χ0v) is 26.5. The molecule has 1 saturated carbocycles. The lowest BCUT2D eigenvalue weighted by Crippen LogP contribution is -2.44. The summed E-state index contributed by atoms with van der Waals surface area (Å²) in [6, 6.07) is 5.47. The molecule has 1 aromatic heterocycles. The van der Waals surface area contributed by atoms with Gasteiger partial charge in [0.2, 0.25) is 11.8 Å². The molecule has 4 aliphatic rings. The molecule has 3 aliphatic heterocycles. The molecule has 1 aromatic carbocycles. The number of amides is 2. The number of carbonyl (C=O) groups is 2. The minimum absolute atomic E-state index is 0.00735. The lowest BCUT2D eigenvalue weighted by Gasteiger charge is -2.33. The van der Waals surface area contributed by atoms with Crippen molar-refractivity contribution in [1.29, 1.82) is 0 Å². The van der Waals surface area contributed by atoms with Crippen LogP contribution in [0.2, 0.25) is 5.02 Å². The average molecular weight is 643 g/mol. The van der Waals surface area contributed by atoms with Crippen LogP contribution in [0.25, 0.3) is 6.08 Å². The number of ether oxygens (including phenoxy) is 1. The van der Waals surface area contributed by atoms with E-state index in [1.165, 1.54) is 12.6 Å². The molecule has 1 unspecified atom stereocenters. The fraction of sp³-hybridized carbons (Fsp3) is 0.548. The molecule has 2 amide bonds. The number of anilines is 3. The van der Waals surface area contributed by atoms with Gasteiger partial charge in [-0.05, 0) is 50.0 Å². The fourth-order valence-electron chi connectivity index (χ4n) is 6.58. The maximum atomic E-state index is 13.4. The van der Waals surface area contributed by atoms with Crippen molar-refractivity contribution in [3.05, 3.63) is 40.7 Å². The number of nitrogens with zero attached hydrogens (tertiary/aromatic N) is 4. The van der Waals surface area contributed by atoms with E-state index in [2.05, 4.69) is 20.6 Å². The van der Waals surface area contributed by atoms with E-state index in [1.54, 1.807) is 17.0 Å². The number of halogens is 1. The Hall–Kier alpha value is -3.38. The first kappa shape index (κ1) is 30.6. The highest BCUT2D eigenvalue weighted by molar-refractivity contribution is 7.91. The van der Waals surface area contributed by atoms with Crippen molar-refractivity contribution >= 4 is 56.7 Å². The molecule has 0 spiro atoms. The minimum Gasteiger partial charge on any atom is -0.489 e. The van der Waals surface area contributed by atoms with Gasteiger partial charge in [-0.25, -0.2) is 18.4 Å². The molecule has 2 N–H and O–H groups in total. The molecule has 13 heteroatoms. The summed E-state index contributed by atoms with van der Waals surface area (Å²) in [6.07, 6.45) is 11.3. The number of hydrogen-bond donors (Lipinski definition) is 2.